The third-order valence-electron chi connectivity index (χ3n) is 8.53. The van der Waals surface area contributed by atoms with Gasteiger partial charge in [0.2, 0.25) is 0 Å². The molecule has 2 saturated heterocycles. The van der Waals surface area contributed by atoms with Crippen molar-refractivity contribution in [1.82, 2.24) is 9.47 Å². The summed E-state index contributed by atoms with van der Waals surface area (Å²) in [4.78, 5) is 27.8. The van der Waals surface area contributed by atoms with Gasteiger partial charge in [0, 0.05) is 37.3 Å². The van der Waals surface area contributed by atoms with Crippen LogP contribution >= 0.6 is 0 Å². The van der Waals surface area contributed by atoms with E-state index in [1.165, 1.54) is 7.11 Å². The largest absolute Gasteiger partial charge is 0.501 e. The van der Waals surface area contributed by atoms with Crippen molar-refractivity contribution in [2.75, 3.05) is 26.9 Å². The van der Waals surface area contributed by atoms with Gasteiger partial charge in [-0.05, 0) is 113 Å². The molecule has 0 amide bonds. The number of esters is 1. The van der Waals surface area contributed by atoms with Crippen LogP contribution in [0.4, 0.5) is 4.79 Å². The van der Waals surface area contributed by atoms with Crippen LogP contribution in [0.15, 0.2) is 48.9 Å². The molecule has 2 aliphatic rings. The number of methoxy groups -OCH3 is 1. The Morgan fingerprint density at radius 1 is 1.14 bits per heavy atom. The van der Waals surface area contributed by atoms with Crippen molar-refractivity contribution >= 4 is 29.0 Å². The minimum atomic E-state index is -0.604. The van der Waals surface area contributed by atoms with E-state index in [1.54, 1.807) is 10.8 Å². The maximum atomic E-state index is 13.2. The molecule has 5 rings (SSSR count). The highest BCUT2D eigenvalue weighted by molar-refractivity contribution is 5.95. The van der Waals surface area contributed by atoms with Crippen LogP contribution in [0.1, 0.15) is 92.0 Å². The van der Waals surface area contributed by atoms with Crippen LogP contribution in [-0.4, -0.2) is 59.6 Å². The van der Waals surface area contributed by atoms with Crippen molar-refractivity contribution in [2.24, 2.45) is 0 Å². The summed E-state index contributed by atoms with van der Waals surface area (Å²) in [7, 11) is 1.40. The van der Waals surface area contributed by atoms with Crippen LogP contribution in [0.25, 0.3) is 17.0 Å². The van der Waals surface area contributed by atoms with Gasteiger partial charge >= 0.3 is 12.1 Å². The molecule has 8 heteroatoms. The summed E-state index contributed by atoms with van der Waals surface area (Å²) in [6.45, 7) is 12.5. The first-order valence-electron chi connectivity index (χ1n) is 15.3. The molecule has 2 fully saturated rings. The highest BCUT2D eigenvalue weighted by atomic mass is 16.6. The van der Waals surface area contributed by atoms with Gasteiger partial charge in [0.05, 0.1) is 36.7 Å². The second-order valence-corrected chi connectivity index (χ2v) is 12.6. The Balaban J connectivity index is 1.56. The summed E-state index contributed by atoms with van der Waals surface area (Å²) in [6.07, 6.45) is 9.16. The van der Waals surface area contributed by atoms with Gasteiger partial charge in [-0.25, -0.2) is 9.59 Å². The number of carbonyl (C=O) groups is 2. The van der Waals surface area contributed by atoms with Gasteiger partial charge < -0.3 is 18.9 Å². The van der Waals surface area contributed by atoms with Crippen LogP contribution in [0.2, 0.25) is 0 Å². The van der Waals surface area contributed by atoms with Crippen LogP contribution in [-0.2, 0) is 25.5 Å². The average Bonchev–Trinajstić information content (AvgIpc) is 3.63. The summed E-state index contributed by atoms with van der Waals surface area (Å²) in [6, 6.07) is 12.0. The summed E-state index contributed by atoms with van der Waals surface area (Å²) < 4.78 is 24.3. The number of likely N-dealkylation sites (tertiary alicyclic amines) is 1. The third-order valence-corrected chi connectivity index (χ3v) is 8.53. The quantitative estimate of drug-likeness (QED) is 0.210. The Morgan fingerprint density at radius 3 is 2.56 bits per heavy atom. The Labute approximate surface area is 254 Å². The first-order valence-corrected chi connectivity index (χ1v) is 15.3. The third kappa shape index (κ3) is 6.65. The molecule has 2 atom stereocenters. The SMILES string of the molecule is CCOC=Cc1cc(C)c2c(ccn2C(=O)OC(C)(C)C)c1CN1CCC2(CCCO2)C[C@H]1c1ccc(C(=O)OC)cc1. The molecule has 2 aromatic carbocycles. The van der Waals surface area contributed by atoms with Gasteiger partial charge in [-0.15, -0.1) is 0 Å². The van der Waals surface area contributed by atoms with Crippen molar-refractivity contribution in [3.8, 4) is 0 Å². The Hall–Kier alpha value is -3.62. The zero-order chi connectivity index (χ0) is 30.8. The molecule has 0 bridgehead atoms. The van der Waals surface area contributed by atoms with Crippen LogP contribution in [0, 0.1) is 6.92 Å². The molecule has 1 aromatic heterocycles. The number of hydrogen-bond acceptors (Lipinski definition) is 7. The highest BCUT2D eigenvalue weighted by Crippen LogP contribution is 2.45. The van der Waals surface area contributed by atoms with Crippen molar-refractivity contribution < 1.29 is 28.5 Å². The summed E-state index contributed by atoms with van der Waals surface area (Å²) in [5, 5.41) is 1.01. The number of nitrogens with zero attached hydrogens (tertiary/aromatic N) is 2. The van der Waals surface area contributed by atoms with Crippen LogP contribution < -0.4 is 0 Å². The van der Waals surface area contributed by atoms with E-state index in [-0.39, 0.29) is 17.6 Å². The van der Waals surface area contributed by atoms with E-state index in [2.05, 4.69) is 11.0 Å². The summed E-state index contributed by atoms with van der Waals surface area (Å²) >= 11 is 0. The smallest absolute Gasteiger partial charge is 0.418 e. The molecule has 230 valence electrons. The minimum absolute atomic E-state index is 0.0894. The van der Waals surface area contributed by atoms with E-state index in [4.69, 9.17) is 18.9 Å². The first-order chi connectivity index (χ1) is 20.5. The lowest BCUT2D eigenvalue weighted by Crippen LogP contribution is -2.45. The van der Waals surface area contributed by atoms with Gasteiger partial charge in [-0.2, -0.15) is 0 Å². The Morgan fingerprint density at radius 2 is 1.91 bits per heavy atom. The highest BCUT2D eigenvalue weighted by Gasteiger charge is 2.43. The molecular formula is C35H44N2O6. The second kappa shape index (κ2) is 12.5. The predicted octanol–water partition coefficient (Wildman–Crippen LogP) is 7.41. The van der Waals surface area contributed by atoms with Crippen LogP contribution in [0.5, 0.6) is 0 Å². The molecule has 0 saturated carbocycles. The molecule has 3 aromatic rings. The fraction of sp³-hybridized carbons (Fsp3) is 0.486. The number of ether oxygens (including phenoxy) is 4. The zero-order valence-corrected chi connectivity index (χ0v) is 26.3. The predicted molar refractivity (Wildman–Crippen MR) is 167 cm³/mol. The summed E-state index contributed by atoms with van der Waals surface area (Å²) in [5.41, 5.74) is 4.96. The standard InChI is InChI=1S/C35H44N2O6/c1-7-41-20-14-27-21-24(2)31-28(13-17-37(31)33(39)43-34(3,4)5)29(27)23-36-18-16-35(15-8-19-42-35)22-30(36)25-9-11-26(12-10-25)32(38)40-6/h9-14,17,20-21,30H,7-8,15-16,18-19,22-23H2,1-6H3/t30-,35?/m0/s1. The fourth-order valence-corrected chi connectivity index (χ4v) is 6.51. The van der Waals surface area contributed by atoms with Gasteiger partial charge in [0.25, 0.3) is 0 Å². The molecular weight excluding hydrogens is 544 g/mol. The number of benzene rings is 2. The van der Waals surface area contributed by atoms with E-state index < -0.39 is 11.7 Å². The number of hydrogen-bond donors (Lipinski definition) is 0. The minimum Gasteiger partial charge on any atom is -0.501 e. The molecule has 0 radical (unpaired) electrons. The molecule has 2 aliphatic heterocycles. The number of rotatable bonds is 7. The molecule has 43 heavy (non-hydrogen) atoms. The summed E-state index contributed by atoms with van der Waals surface area (Å²) in [5.74, 6) is -0.343. The first kappa shape index (κ1) is 30.8. The van der Waals surface area contributed by atoms with Crippen molar-refractivity contribution in [3.63, 3.8) is 0 Å². The zero-order valence-electron chi connectivity index (χ0n) is 26.3. The number of fused-ring (bicyclic) bond motifs is 1. The average molecular weight is 589 g/mol. The van der Waals surface area contributed by atoms with E-state index in [1.807, 2.05) is 77.2 Å². The van der Waals surface area contributed by atoms with Gasteiger partial charge in [0.1, 0.15) is 5.60 Å². The lowest BCUT2D eigenvalue weighted by molar-refractivity contribution is -0.0675. The molecule has 8 nitrogen and oxygen atoms in total. The van der Waals surface area contributed by atoms with Gasteiger partial charge in [0.15, 0.2) is 0 Å². The lowest BCUT2D eigenvalue weighted by Gasteiger charge is -2.45. The normalized spacial score (nSPS) is 21.1. The van der Waals surface area contributed by atoms with Crippen molar-refractivity contribution in [1.29, 1.82) is 0 Å². The number of piperidine rings is 1. The van der Waals surface area contributed by atoms with Crippen molar-refractivity contribution in [2.45, 2.75) is 84.1 Å². The van der Waals surface area contributed by atoms with Crippen LogP contribution in [0.3, 0.4) is 0 Å². The van der Waals surface area contributed by atoms with Gasteiger partial charge in [-0.1, -0.05) is 12.1 Å². The second-order valence-electron chi connectivity index (χ2n) is 12.6. The van der Waals surface area contributed by atoms with E-state index >= 15 is 0 Å². The molecule has 0 N–H and O–H groups in total. The topological polar surface area (TPSA) is 79.2 Å². The number of aryl methyl sites for hydroxylation is 1. The van der Waals surface area contributed by atoms with E-state index in [9.17, 15) is 9.59 Å². The molecule has 3 heterocycles. The Kier molecular flexibility index (Phi) is 8.99. The molecule has 0 aliphatic carbocycles. The lowest BCUT2D eigenvalue weighted by atomic mass is 9.81. The number of aromatic nitrogens is 1. The maximum absolute atomic E-state index is 13.2. The van der Waals surface area contributed by atoms with Gasteiger partial charge in [-0.3, -0.25) is 9.47 Å². The van der Waals surface area contributed by atoms with E-state index in [0.29, 0.717) is 18.7 Å². The Bertz CT molecular complexity index is 1490. The monoisotopic (exact) mass is 588 g/mol. The van der Waals surface area contributed by atoms with E-state index in [0.717, 1.165) is 72.0 Å². The molecule has 1 unspecified atom stereocenters. The molecule has 1 spiro atoms. The number of carbonyl (C=O) groups excluding carboxylic acids is 2. The fourth-order valence-electron chi connectivity index (χ4n) is 6.51. The van der Waals surface area contributed by atoms with Crippen molar-refractivity contribution in [3.05, 3.63) is 76.7 Å². The maximum Gasteiger partial charge on any atom is 0.418 e.